The van der Waals surface area contributed by atoms with Crippen LogP contribution in [0.3, 0.4) is 0 Å². The molecule has 3 nitrogen and oxygen atoms in total. The van der Waals surface area contributed by atoms with Gasteiger partial charge in [-0.1, -0.05) is 32.4 Å². The Morgan fingerprint density at radius 1 is 1.37 bits per heavy atom. The predicted molar refractivity (Wildman–Crippen MR) is 79.9 cm³/mol. The minimum absolute atomic E-state index is 0.0403. The molecule has 0 fully saturated rings. The van der Waals surface area contributed by atoms with Crippen molar-refractivity contribution in [1.82, 2.24) is 0 Å². The molecule has 108 valence electrons. The van der Waals surface area contributed by atoms with E-state index in [1.165, 1.54) is 0 Å². The Morgan fingerprint density at radius 3 is 2.47 bits per heavy atom. The molecule has 0 saturated carbocycles. The summed E-state index contributed by atoms with van der Waals surface area (Å²) < 4.78 is 5.34. The number of halogens is 1. The van der Waals surface area contributed by atoms with Gasteiger partial charge in [-0.2, -0.15) is 0 Å². The van der Waals surface area contributed by atoms with Crippen molar-refractivity contribution < 1.29 is 9.84 Å². The second-order valence-electron chi connectivity index (χ2n) is 6.06. The van der Waals surface area contributed by atoms with E-state index in [1.807, 2.05) is 12.1 Å². The van der Waals surface area contributed by atoms with Crippen LogP contribution in [-0.2, 0) is 0 Å². The molecule has 0 aliphatic heterocycles. The van der Waals surface area contributed by atoms with Crippen LogP contribution in [0, 0.1) is 5.41 Å². The standard InChI is InChI=1S/C15H24ClNO2/c1-15(2,3)8-13(18)12(9-17)11-7-10(16)5-6-14(11)19-4/h5-7,12-13,18H,8-9,17H2,1-4H3. The first-order chi connectivity index (χ1) is 8.78. The van der Waals surface area contributed by atoms with E-state index in [2.05, 4.69) is 20.8 Å². The van der Waals surface area contributed by atoms with Gasteiger partial charge >= 0.3 is 0 Å². The summed E-state index contributed by atoms with van der Waals surface area (Å²) in [5, 5.41) is 11.1. The number of rotatable bonds is 5. The quantitative estimate of drug-likeness (QED) is 0.873. The topological polar surface area (TPSA) is 55.5 Å². The molecule has 4 heteroatoms. The fraction of sp³-hybridized carbons (Fsp3) is 0.600. The maximum Gasteiger partial charge on any atom is 0.122 e. The van der Waals surface area contributed by atoms with Crippen LogP contribution in [0.1, 0.15) is 38.7 Å². The summed E-state index contributed by atoms with van der Waals surface area (Å²) in [6.45, 7) is 6.64. The zero-order valence-corrected chi connectivity index (χ0v) is 12.9. The summed E-state index contributed by atoms with van der Waals surface area (Å²) in [6.07, 6.45) is 0.155. The molecular weight excluding hydrogens is 262 g/mol. The Balaban J connectivity index is 3.05. The molecule has 1 aromatic rings. The van der Waals surface area contributed by atoms with Crippen molar-refractivity contribution in [2.75, 3.05) is 13.7 Å². The molecule has 0 aliphatic rings. The van der Waals surface area contributed by atoms with E-state index in [0.717, 1.165) is 5.56 Å². The van der Waals surface area contributed by atoms with Crippen LogP contribution in [0.15, 0.2) is 18.2 Å². The van der Waals surface area contributed by atoms with Crippen molar-refractivity contribution in [2.24, 2.45) is 11.1 Å². The van der Waals surface area contributed by atoms with E-state index in [1.54, 1.807) is 13.2 Å². The van der Waals surface area contributed by atoms with Gasteiger partial charge in [0.15, 0.2) is 0 Å². The van der Waals surface area contributed by atoms with Crippen LogP contribution in [0.2, 0.25) is 5.02 Å². The fourth-order valence-electron chi connectivity index (χ4n) is 2.26. The van der Waals surface area contributed by atoms with E-state index < -0.39 is 6.10 Å². The first kappa shape index (κ1) is 16.3. The van der Waals surface area contributed by atoms with Gasteiger partial charge in [0, 0.05) is 23.0 Å². The normalized spacial score (nSPS) is 15.1. The first-order valence-corrected chi connectivity index (χ1v) is 6.88. The van der Waals surface area contributed by atoms with E-state index in [9.17, 15) is 5.11 Å². The molecule has 0 amide bonds. The van der Waals surface area contributed by atoms with Crippen molar-refractivity contribution in [3.63, 3.8) is 0 Å². The summed E-state index contributed by atoms with van der Waals surface area (Å²) in [5.74, 6) is 0.542. The van der Waals surface area contributed by atoms with E-state index in [4.69, 9.17) is 22.1 Å². The Hall–Kier alpha value is -0.770. The van der Waals surface area contributed by atoms with Gasteiger partial charge < -0.3 is 15.6 Å². The molecule has 0 spiro atoms. The maximum atomic E-state index is 10.4. The molecule has 0 aromatic heterocycles. The van der Waals surface area contributed by atoms with Gasteiger partial charge in [0.05, 0.1) is 13.2 Å². The lowest BCUT2D eigenvalue weighted by atomic mass is 9.82. The highest BCUT2D eigenvalue weighted by Crippen LogP contribution is 2.34. The minimum Gasteiger partial charge on any atom is -0.496 e. The average molecular weight is 286 g/mol. The molecule has 0 radical (unpaired) electrons. The number of aliphatic hydroxyl groups is 1. The minimum atomic E-state index is -0.516. The summed E-state index contributed by atoms with van der Waals surface area (Å²) in [6, 6.07) is 5.40. The summed E-state index contributed by atoms with van der Waals surface area (Å²) in [7, 11) is 1.61. The molecular formula is C15H24ClNO2. The molecule has 3 N–H and O–H groups in total. The summed E-state index contributed by atoms with van der Waals surface area (Å²) >= 11 is 6.03. The number of methoxy groups -OCH3 is 1. The number of aliphatic hydroxyl groups excluding tert-OH is 1. The third-order valence-corrected chi connectivity index (χ3v) is 3.37. The van der Waals surface area contributed by atoms with Crippen LogP contribution in [-0.4, -0.2) is 24.9 Å². The highest BCUT2D eigenvalue weighted by Gasteiger charge is 2.27. The molecule has 2 unspecified atom stereocenters. The van der Waals surface area contributed by atoms with E-state index >= 15 is 0 Å². The Labute approximate surface area is 120 Å². The van der Waals surface area contributed by atoms with E-state index in [-0.39, 0.29) is 11.3 Å². The Bertz CT molecular complexity index is 415. The van der Waals surface area contributed by atoms with Crippen molar-refractivity contribution >= 4 is 11.6 Å². The zero-order valence-electron chi connectivity index (χ0n) is 12.1. The average Bonchev–Trinajstić information content (AvgIpc) is 2.28. The lowest BCUT2D eigenvalue weighted by Crippen LogP contribution is -2.30. The molecule has 0 bridgehead atoms. The van der Waals surface area contributed by atoms with Gasteiger partial charge in [0.1, 0.15) is 5.75 Å². The van der Waals surface area contributed by atoms with Gasteiger partial charge in [-0.25, -0.2) is 0 Å². The molecule has 1 rings (SSSR count). The summed E-state index contributed by atoms with van der Waals surface area (Å²) in [4.78, 5) is 0. The number of hydrogen-bond acceptors (Lipinski definition) is 3. The molecule has 0 aliphatic carbocycles. The van der Waals surface area contributed by atoms with Crippen molar-refractivity contribution in [2.45, 2.75) is 39.2 Å². The third-order valence-electron chi connectivity index (χ3n) is 3.13. The van der Waals surface area contributed by atoms with E-state index in [0.29, 0.717) is 23.7 Å². The number of ether oxygens (including phenoxy) is 1. The largest absolute Gasteiger partial charge is 0.496 e. The zero-order chi connectivity index (χ0) is 14.6. The van der Waals surface area contributed by atoms with Crippen LogP contribution >= 0.6 is 11.6 Å². The van der Waals surface area contributed by atoms with Gasteiger partial charge in [-0.3, -0.25) is 0 Å². The molecule has 19 heavy (non-hydrogen) atoms. The highest BCUT2D eigenvalue weighted by molar-refractivity contribution is 6.30. The lowest BCUT2D eigenvalue weighted by Gasteiger charge is -2.29. The van der Waals surface area contributed by atoms with Crippen molar-refractivity contribution in [3.05, 3.63) is 28.8 Å². The second-order valence-corrected chi connectivity index (χ2v) is 6.50. The molecule has 0 heterocycles. The molecule has 2 atom stereocenters. The SMILES string of the molecule is COc1ccc(Cl)cc1C(CN)C(O)CC(C)(C)C. The second kappa shape index (κ2) is 6.60. The van der Waals surface area contributed by atoms with Gasteiger partial charge in [0.25, 0.3) is 0 Å². The third kappa shape index (κ3) is 4.68. The smallest absolute Gasteiger partial charge is 0.122 e. The Kier molecular flexibility index (Phi) is 5.65. The fourth-order valence-corrected chi connectivity index (χ4v) is 2.44. The van der Waals surface area contributed by atoms with Crippen LogP contribution in [0.25, 0.3) is 0 Å². The predicted octanol–water partition coefficient (Wildman–Crippen LogP) is 3.19. The molecule has 0 saturated heterocycles. The molecule has 1 aromatic carbocycles. The number of nitrogens with two attached hydrogens (primary N) is 1. The number of benzene rings is 1. The van der Waals surface area contributed by atoms with Gasteiger partial charge in [-0.15, -0.1) is 0 Å². The van der Waals surface area contributed by atoms with Crippen molar-refractivity contribution in [3.8, 4) is 5.75 Å². The summed E-state index contributed by atoms with van der Waals surface area (Å²) in [5.41, 5.74) is 6.75. The first-order valence-electron chi connectivity index (χ1n) is 6.50. The highest BCUT2D eigenvalue weighted by atomic mass is 35.5. The van der Waals surface area contributed by atoms with Gasteiger partial charge in [0.2, 0.25) is 0 Å². The Morgan fingerprint density at radius 2 is 2.00 bits per heavy atom. The monoisotopic (exact) mass is 285 g/mol. The van der Waals surface area contributed by atoms with Crippen LogP contribution in [0.5, 0.6) is 5.75 Å². The lowest BCUT2D eigenvalue weighted by molar-refractivity contribution is 0.0963. The van der Waals surface area contributed by atoms with Crippen LogP contribution in [0.4, 0.5) is 0 Å². The van der Waals surface area contributed by atoms with Crippen LogP contribution < -0.4 is 10.5 Å². The van der Waals surface area contributed by atoms with Crippen molar-refractivity contribution in [1.29, 1.82) is 0 Å². The number of hydrogen-bond donors (Lipinski definition) is 2. The maximum absolute atomic E-state index is 10.4. The van der Waals surface area contributed by atoms with Gasteiger partial charge in [-0.05, 0) is 30.0 Å².